The SMILES string of the molecule is CC(C)Cn1nnc(-c2ccc3c(c2)CN(C2CCC(=O)NC2=O)C3=O)c1-c1ccccc1. The van der Waals surface area contributed by atoms with E-state index in [1.807, 2.05) is 47.1 Å². The number of aromatic nitrogens is 3. The van der Waals surface area contributed by atoms with Gasteiger partial charge in [-0.2, -0.15) is 0 Å². The van der Waals surface area contributed by atoms with Gasteiger partial charge in [0.2, 0.25) is 11.8 Å². The largest absolute Gasteiger partial charge is 0.322 e. The number of amides is 3. The lowest BCUT2D eigenvalue weighted by Gasteiger charge is -2.29. The normalized spacial score (nSPS) is 18.1. The molecule has 2 aromatic carbocycles. The van der Waals surface area contributed by atoms with Crippen LogP contribution in [0.25, 0.3) is 22.5 Å². The van der Waals surface area contributed by atoms with Gasteiger partial charge in [-0.15, -0.1) is 5.10 Å². The minimum absolute atomic E-state index is 0.183. The molecule has 2 aliphatic rings. The molecule has 168 valence electrons. The number of hydrogen-bond donors (Lipinski definition) is 1. The molecule has 1 saturated heterocycles. The monoisotopic (exact) mass is 443 g/mol. The summed E-state index contributed by atoms with van der Waals surface area (Å²) in [6, 6.07) is 15.1. The van der Waals surface area contributed by atoms with Crippen molar-refractivity contribution in [1.29, 1.82) is 0 Å². The molecule has 0 radical (unpaired) electrons. The first kappa shape index (κ1) is 21.1. The molecule has 1 aromatic heterocycles. The van der Waals surface area contributed by atoms with Gasteiger partial charge < -0.3 is 4.90 Å². The van der Waals surface area contributed by atoms with Crippen molar-refractivity contribution >= 4 is 17.7 Å². The molecule has 33 heavy (non-hydrogen) atoms. The molecule has 3 amide bonds. The molecule has 1 N–H and O–H groups in total. The molecule has 0 bridgehead atoms. The third-order valence-electron chi connectivity index (χ3n) is 6.12. The van der Waals surface area contributed by atoms with Crippen molar-refractivity contribution in [3.8, 4) is 22.5 Å². The topological polar surface area (TPSA) is 97.2 Å². The average Bonchev–Trinajstić information content (AvgIpc) is 3.35. The molecule has 3 aromatic rings. The number of rotatable bonds is 5. The van der Waals surface area contributed by atoms with Gasteiger partial charge in [-0.1, -0.05) is 55.5 Å². The van der Waals surface area contributed by atoms with Crippen LogP contribution in [0, 0.1) is 5.92 Å². The second-order valence-corrected chi connectivity index (χ2v) is 9.00. The van der Waals surface area contributed by atoms with Gasteiger partial charge in [0.15, 0.2) is 0 Å². The van der Waals surface area contributed by atoms with E-state index in [9.17, 15) is 14.4 Å². The Bertz CT molecular complexity index is 1250. The van der Waals surface area contributed by atoms with Crippen LogP contribution < -0.4 is 5.32 Å². The van der Waals surface area contributed by atoms with Gasteiger partial charge in [-0.05, 0) is 30.0 Å². The molecule has 3 heterocycles. The fraction of sp³-hybridized carbons (Fsp3) is 0.320. The van der Waals surface area contributed by atoms with Crippen LogP contribution in [0.15, 0.2) is 48.5 Å². The highest BCUT2D eigenvalue weighted by molar-refractivity contribution is 6.05. The van der Waals surface area contributed by atoms with Crippen LogP contribution >= 0.6 is 0 Å². The molecule has 8 nitrogen and oxygen atoms in total. The average molecular weight is 444 g/mol. The summed E-state index contributed by atoms with van der Waals surface area (Å²) in [7, 11) is 0. The maximum absolute atomic E-state index is 13.0. The van der Waals surface area contributed by atoms with E-state index in [1.54, 1.807) is 11.0 Å². The van der Waals surface area contributed by atoms with Crippen LogP contribution in [0.5, 0.6) is 0 Å². The van der Waals surface area contributed by atoms with E-state index in [-0.39, 0.29) is 18.2 Å². The fourth-order valence-corrected chi connectivity index (χ4v) is 4.58. The number of carbonyl (C=O) groups excluding carboxylic acids is 3. The van der Waals surface area contributed by atoms with E-state index in [0.29, 0.717) is 24.4 Å². The van der Waals surface area contributed by atoms with Gasteiger partial charge in [0.1, 0.15) is 11.7 Å². The van der Waals surface area contributed by atoms with E-state index in [2.05, 4.69) is 29.5 Å². The molecule has 2 aliphatic heterocycles. The van der Waals surface area contributed by atoms with Gasteiger partial charge >= 0.3 is 0 Å². The summed E-state index contributed by atoms with van der Waals surface area (Å²) >= 11 is 0. The first-order valence-electron chi connectivity index (χ1n) is 11.2. The number of fused-ring (bicyclic) bond motifs is 1. The number of nitrogens with zero attached hydrogens (tertiary/aromatic N) is 4. The summed E-state index contributed by atoms with van der Waals surface area (Å²) in [6.45, 7) is 5.35. The number of benzene rings is 2. The lowest BCUT2D eigenvalue weighted by Crippen LogP contribution is -2.52. The lowest BCUT2D eigenvalue weighted by atomic mass is 10.0. The van der Waals surface area contributed by atoms with Crippen LogP contribution in [0.1, 0.15) is 42.6 Å². The van der Waals surface area contributed by atoms with Gasteiger partial charge in [-0.25, -0.2) is 4.68 Å². The second kappa shape index (κ2) is 8.27. The minimum Gasteiger partial charge on any atom is -0.322 e. The highest BCUT2D eigenvalue weighted by Gasteiger charge is 2.39. The minimum atomic E-state index is -0.627. The standard InChI is InChI=1S/C25H25N5O3/c1-15(2)13-30-23(16-6-4-3-5-7-16)22(27-28-30)17-8-9-19-18(12-17)14-29(25(19)33)20-10-11-21(31)26-24(20)32/h3-9,12,15,20H,10-11,13-14H2,1-2H3,(H,26,31,32). The predicted octanol–water partition coefficient (Wildman–Crippen LogP) is 3.03. The number of piperidine rings is 1. The van der Waals surface area contributed by atoms with Crippen molar-refractivity contribution in [3.05, 3.63) is 59.7 Å². The zero-order valence-electron chi connectivity index (χ0n) is 18.6. The Balaban J connectivity index is 1.51. The highest BCUT2D eigenvalue weighted by Crippen LogP contribution is 2.35. The Morgan fingerprint density at radius 3 is 2.58 bits per heavy atom. The lowest BCUT2D eigenvalue weighted by molar-refractivity contribution is -0.136. The van der Waals surface area contributed by atoms with Gasteiger partial charge in [0, 0.05) is 36.2 Å². The van der Waals surface area contributed by atoms with Crippen molar-refractivity contribution < 1.29 is 14.4 Å². The number of imide groups is 1. The molecule has 1 unspecified atom stereocenters. The summed E-state index contributed by atoms with van der Waals surface area (Å²) < 4.78 is 1.93. The Morgan fingerprint density at radius 2 is 1.85 bits per heavy atom. The van der Waals surface area contributed by atoms with Crippen molar-refractivity contribution in [3.63, 3.8) is 0 Å². The summed E-state index contributed by atoms with van der Waals surface area (Å²) in [5, 5.41) is 11.3. The summed E-state index contributed by atoms with van der Waals surface area (Å²) in [6.07, 6.45) is 0.583. The molecule has 0 saturated carbocycles. The van der Waals surface area contributed by atoms with Crippen molar-refractivity contribution in [2.45, 2.75) is 45.8 Å². The molecule has 1 fully saturated rings. The van der Waals surface area contributed by atoms with Crippen LogP contribution in [0.4, 0.5) is 0 Å². The van der Waals surface area contributed by atoms with E-state index in [4.69, 9.17) is 0 Å². The molecular formula is C25H25N5O3. The molecule has 0 spiro atoms. The third-order valence-corrected chi connectivity index (χ3v) is 6.12. The first-order valence-corrected chi connectivity index (χ1v) is 11.2. The van der Waals surface area contributed by atoms with Crippen molar-refractivity contribution in [1.82, 2.24) is 25.2 Å². The number of nitrogens with one attached hydrogen (secondary N) is 1. The summed E-state index contributed by atoms with van der Waals surface area (Å²) in [4.78, 5) is 38.4. The van der Waals surface area contributed by atoms with Crippen LogP contribution in [-0.2, 0) is 22.7 Å². The molecular weight excluding hydrogens is 418 g/mol. The van der Waals surface area contributed by atoms with Crippen LogP contribution in [-0.4, -0.2) is 43.7 Å². The quantitative estimate of drug-likeness (QED) is 0.612. The third kappa shape index (κ3) is 3.82. The van der Waals surface area contributed by atoms with Gasteiger partial charge in [0.25, 0.3) is 5.91 Å². The maximum Gasteiger partial charge on any atom is 0.255 e. The Hall–Kier alpha value is -3.81. The second-order valence-electron chi connectivity index (χ2n) is 9.00. The molecule has 1 atom stereocenters. The Kier molecular flexibility index (Phi) is 5.28. The Labute approximate surface area is 191 Å². The number of carbonyl (C=O) groups is 3. The number of hydrogen-bond acceptors (Lipinski definition) is 5. The zero-order chi connectivity index (χ0) is 23.1. The van der Waals surface area contributed by atoms with Crippen molar-refractivity contribution in [2.75, 3.05) is 0 Å². The fourth-order valence-electron chi connectivity index (χ4n) is 4.58. The zero-order valence-corrected chi connectivity index (χ0v) is 18.6. The molecule has 5 rings (SSSR count). The Morgan fingerprint density at radius 1 is 1.06 bits per heavy atom. The molecule has 0 aliphatic carbocycles. The van der Waals surface area contributed by atoms with E-state index >= 15 is 0 Å². The van der Waals surface area contributed by atoms with Gasteiger partial charge in [-0.3, -0.25) is 19.7 Å². The smallest absolute Gasteiger partial charge is 0.255 e. The summed E-state index contributed by atoms with van der Waals surface area (Å²) in [5.41, 5.74) is 5.03. The molecule has 8 heteroatoms. The highest BCUT2D eigenvalue weighted by atomic mass is 16.2. The van der Waals surface area contributed by atoms with Gasteiger partial charge in [0.05, 0.1) is 5.69 Å². The van der Waals surface area contributed by atoms with Crippen LogP contribution in [0.3, 0.4) is 0 Å². The first-order chi connectivity index (χ1) is 15.9. The maximum atomic E-state index is 13.0. The van der Waals surface area contributed by atoms with E-state index in [1.165, 1.54) is 0 Å². The van der Waals surface area contributed by atoms with E-state index < -0.39 is 11.9 Å². The van der Waals surface area contributed by atoms with Crippen LogP contribution in [0.2, 0.25) is 0 Å². The predicted molar refractivity (Wildman–Crippen MR) is 122 cm³/mol. The van der Waals surface area contributed by atoms with Crippen molar-refractivity contribution in [2.24, 2.45) is 5.92 Å². The summed E-state index contributed by atoms with van der Waals surface area (Å²) in [5.74, 6) is -0.476. The van der Waals surface area contributed by atoms with E-state index in [0.717, 1.165) is 34.6 Å².